The number of carbonyl (C=O) groups is 3. The first-order chi connectivity index (χ1) is 9.27. The van der Waals surface area contributed by atoms with Crippen molar-refractivity contribution in [3.63, 3.8) is 0 Å². The van der Waals surface area contributed by atoms with Gasteiger partial charge in [0.1, 0.15) is 6.04 Å². The molecule has 1 rings (SSSR count). The third-order valence-electron chi connectivity index (χ3n) is 3.85. The molecule has 1 saturated heterocycles. The fraction of sp³-hybridized carbons (Fsp3) is 0.769. The molecule has 7 nitrogen and oxygen atoms in total. The molecule has 20 heavy (non-hydrogen) atoms. The second kappa shape index (κ2) is 6.58. The highest BCUT2D eigenvalue weighted by molar-refractivity contribution is 5.86. The summed E-state index contributed by atoms with van der Waals surface area (Å²) < 4.78 is 0. The lowest BCUT2D eigenvalue weighted by molar-refractivity contribution is -0.144. The Labute approximate surface area is 118 Å². The maximum absolute atomic E-state index is 11.9. The zero-order chi connectivity index (χ0) is 15.4. The Hall–Kier alpha value is -1.79. The molecule has 1 heterocycles. The zero-order valence-electron chi connectivity index (χ0n) is 12.4. The van der Waals surface area contributed by atoms with Crippen molar-refractivity contribution >= 4 is 17.9 Å². The van der Waals surface area contributed by atoms with Crippen molar-refractivity contribution in [2.75, 3.05) is 26.7 Å². The number of nitrogens with zero attached hydrogens (tertiary/aromatic N) is 2. The van der Waals surface area contributed by atoms with Crippen LogP contribution in [0.4, 0.5) is 4.79 Å². The summed E-state index contributed by atoms with van der Waals surface area (Å²) in [5.74, 6) is -1.45. The number of amides is 3. The number of carboxylic acids is 1. The number of rotatable bonds is 5. The third kappa shape index (κ3) is 3.61. The Kier molecular flexibility index (Phi) is 5.35. The van der Waals surface area contributed by atoms with E-state index in [2.05, 4.69) is 5.32 Å². The molecular formula is C13H23N3O4. The van der Waals surface area contributed by atoms with Crippen LogP contribution in [0.3, 0.4) is 0 Å². The number of urea groups is 1. The van der Waals surface area contributed by atoms with E-state index in [0.29, 0.717) is 19.6 Å². The van der Waals surface area contributed by atoms with Crippen molar-refractivity contribution in [1.82, 2.24) is 15.1 Å². The molecule has 1 aliphatic rings. The minimum Gasteiger partial charge on any atom is -0.481 e. The maximum atomic E-state index is 11.9. The first kappa shape index (κ1) is 16.3. The first-order valence-electron chi connectivity index (χ1n) is 6.81. The minimum atomic E-state index is -0.844. The molecule has 2 unspecified atom stereocenters. The number of carboxylic acid groups (broad SMARTS) is 1. The molecular weight excluding hydrogens is 262 g/mol. The van der Waals surface area contributed by atoms with Gasteiger partial charge in [0.2, 0.25) is 5.91 Å². The summed E-state index contributed by atoms with van der Waals surface area (Å²) in [6.07, 6.45) is 0. The summed E-state index contributed by atoms with van der Waals surface area (Å²) in [4.78, 5) is 37.6. The van der Waals surface area contributed by atoms with Gasteiger partial charge in [0.25, 0.3) is 0 Å². The summed E-state index contributed by atoms with van der Waals surface area (Å²) in [6.45, 7) is 6.57. The van der Waals surface area contributed by atoms with E-state index in [1.165, 1.54) is 9.80 Å². The van der Waals surface area contributed by atoms with Gasteiger partial charge in [0, 0.05) is 32.6 Å². The fourth-order valence-electron chi connectivity index (χ4n) is 2.02. The van der Waals surface area contributed by atoms with E-state index in [1.807, 2.05) is 6.92 Å². The molecule has 0 aromatic heterocycles. The van der Waals surface area contributed by atoms with Crippen LogP contribution in [0.5, 0.6) is 0 Å². The number of likely N-dealkylation sites (N-methyl/N-ethyl adjacent to an activating group) is 1. The molecule has 7 heteroatoms. The van der Waals surface area contributed by atoms with Crippen LogP contribution in [0.2, 0.25) is 0 Å². The predicted octanol–water partition coefficient (Wildman–Crippen LogP) is 0.215. The predicted molar refractivity (Wildman–Crippen MR) is 73.2 cm³/mol. The Morgan fingerprint density at radius 1 is 1.35 bits per heavy atom. The van der Waals surface area contributed by atoms with Gasteiger partial charge >= 0.3 is 12.0 Å². The lowest BCUT2D eigenvalue weighted by Crippen LogP contribution is -2.59. The quantitative estimate of drug-likeness (QED) is 0.756. The SMILES string of the molecule is CCN(C)C(=O)C(C)NC(=O)N1CC(C(C)C(=O)O)C1. The number of hydrogen-bond donors (Lipinski definition) is 2. The lowest BCUT2D eigenvalue weighted by atomic mass is 9.87. The summed E-state index contributed by atoms with van der Waals surface area (Å²) in [7, 11) is 1.68. The number of carbonyl (C=O) groups excluding carboxylic acids is 2. The number of nitrogens with one attached hydrogen (secondary N) is 1. The average Bonchev–Trinajstić information content (AvgIpc) is 2.34. The van der Waals surface area contributed by atoms with E-state index < -0.39 is 17.9 Å². The Balaban J connectivity index is 2.39. The second-order valence-corrected chi connectivity index (χ2v) is 5.32. The monoisotopic (exact) mass is 285 g/mol. The van der Waals surface area contributed by atoms with Crippen LogP contribution in [-0.2, 0) is 9.59 Å². The standard InChI is InChI=1S/C13H23N3O4/c1-5-15(4)11(17)9(3)14-13(20)16-6-10(7-16)8(2)12(18)19/h8-10H,5-7H2,1-4H3,(H,14,20)(H,18,19). The van der Waals surface area contributed by atoms with Gasteiger partial charge in [-0.1, -0.05) is 6.92 Å². The van der Waals surface area contributed by atoms with Gasteiger partial charge in [-0.25, -0.2) is 4.79 Å². The number of hydrogen-bond acceptors (Lipinski definition) is 3. The Bertz CT molecular complexity index is 393. The fourth-order valence-corrected chi connectivity index (χ4v) is 2.02. The lowest BCUT2D eigenvalue weighted by Gasteiger charge is -2.41. The second-order valence-electron chi connectivity index (χ2n) is 5.32. The molecule has 0 radical (unpaired) electrons. The molecule has 1 fully saturated rings. The van der Waals surface area contributed by atoms with Gasteiger partial charge in [-0.15, -0.1) is 0 Å². The van der Waals surface area contributed by atoms with Crippen molar-refractivity contribution in [3.05, 3.63) is 0 Å². The Morgan fingerprint density at radius 2 is 1.90 bits per heavy atom. The van der Waals surface area contributed by atoms with E-state index >= 15 is 0 Å². The molecule has 114 valence electrons. The molecule has 0 aliphatic carbocycles. The largest absolute Gasteiger partial charge is 0.481 e. The van der Waals surface area contributed by atoms with Crippen molar-refractivity contribution in [1.29, 1.82) is 0 Å². The van der Waals surface area contributed by atoms with Crippen LogP contribution < -0.4 is 5.32 Å². The van der Waals surface area contributed by atoms with Crippen LogP contribution in [0.1, 0.15) is 20.8 Å². The van der Waals surface area contributed by atoms with E-state index in [4.69, 9.17) is 5.11 Å². The highest BCUT2D eigenvalue weighted by atomic mass is 16.4. The summed E-state index contributed by atoms with van der Waals surface area (Å²) in [5, 5.41) is 11.5. The van der Waals surface area contributed by atoms with Gasteiger partial charge in [0.15, 0.2) is 0 Å². The highest BCUT2D eigenvalue weighted by Gasteiger charge is 2.37. The van der Waals surface area contributed by atoms with E-state index in [0.717, 1.165) is 0 Å². The van der Waals surface area contributed by atoms with Crippen LogP contribution >= 0.6 is 0 Å². The van der Waals surface area contributed by atoms with E-state index in [1.54, 1.807) is 20.9 Å². The summed E-state index contributed by atoms with van der Waals surface area (Å²) in [6, 6.07) is -0.896. The van der Waals surface area contributed by atoms with Crippen LogP contribution in [-0.4, -0.2) is 65.5 Å². The maximum Gasteiger partial charge on any atom is 0.318 e. The molecule has 1 aliphatic heterocycles. The van der Waals surface area contributed by atoms with Gasteiger partial charge in [-0.2, -0.15) is 0 Å². The van der Waals surface area contributed by atoms with Gasteiger partial charge in [-0.3, -0.25) is 9.59 Å². The molecule has 0 saturated carbocycles. The van der Waals surface area contributed by atoms with Crippen molar-refractivity contribution in [2.24, 2.45) is 11.8 Å². The molecule has 2 atom stereocenters. The molecule has 2 N–H and O–H groups in total. The number of likely N-dealkylation sites (tertiary alicyclic amines) is 1. The molecule has 0 aromatic rings. The van der Waals surface area contributed by atoms with Crippen LogP contribution in [0, 0.1) is 11.8 Å². The van der Waals surface area contributed by atoms with Crippen LogP contribution in [0.15, 0.2) is 0 Å². The number of aliphatic carboxylic acids is 1. The van der Waals surface area contributed by atoms with Crippen LogP contribution in [0.25, 0.3) is 0 Å². The topological polar surface area (TPSA) is 90.0 Å². The Morgan fingerprint density at radius 3 is 2.35 bits per heavy atom. The smallest absolute Gasteiger partial charge is 0.318 e. The van der Waals surface area contributed by atoms with Crippen molar-refractivity contribution in [3.8, 4) is 0 Å². The highest BCUT2D eigenvalue weighted by Crippen LogP contribution is 2.23. The summed E-state index contributed by atoms with van der Waals surface area (Å²) >= 11 is 0. The zero-order valence-corrected chi connectivity index (χ0v) is 12.4. The molecule has 0 aromatic carbocycles. The van der Waals surface area contributed by atoms with Gasteiger partial charge in [-0.05, 0) is 13.8 Å². The van der Waals surface area contributed by atoms with Crippen molar-refractivity contribution in [2.45, 2.75) is 26.8 Å². The molecule has 3 amide bonds. The van der Waals surface area contributed by atoms with E-state index in [9.17, 15) is 14.4 Å². The normalized spacial score (nSPS) is 17.9. The van der Waals surface area contributed by atoms with Gasteiger partial charge in [0.05, 0.1) is 5.92 Å². The van der Waals surface area contributed by atoms with Crippen molar-refractivity contribution < 1.29 is 19.5 Å². The molecule has 0 bridgehead atoms. The first-order valence-corrected chi connectivity index (χ1v) is 6.81. The van der Waals surface area contributed by atoms with E-state index in [-0.39, 0.29) is 17.9 Å². The minimum absolute atomic E-state index is 0.0115. The molecule has 0 spiro atoms. The third-order valence-corrected chi connectivity index (χ3v) is 3.85. The van der Waals surface area contributed by atoms with Gasteiger partial charge < -0.3 is 20.2 Å². The average molecular weight is 285 g/mol. The summed E-state index contributed by atoms with van der Waals surface area (Å²) in [5.41, 5.74) is 0.